The summed E-state index contributed by atoms with van der Waals surface area (Å²) < 4.78 is 12.8. The molecule has 1 N–H and O–H groups in total. The van der Waals surface area contributed by atoms with Crippen molar-refractivity contribution < 1.29 is 14.3 Å². The first-order chi connectivity index (χ1) is 8.22. The van der Waals surface area contributed by atoms with E-state index in [1.807, 2.05) is 12.1 Å². The summed E-state index contributed by atoms with van der Waals surface area (Å²) in [6, 6.07) is 3.97. The van der Waals surface area contributed by atoms with E-state index in [0.717, 1.165) is 34.4 Å². The Kier molecular flexibility index (Phi) is 2.77. The van der Waals surface area contributed by atoms with Crippen LogP contribution in [0.2, 0.25) is 0 Å². The third-order valence-electron chi connectivity index (χ3n) is 3.23. The van der Waals surface area contributed by atoms with Gasteiger partial charge in [-0.1, -0.05) is 15.9 Å². The van der Waals surface area contributed by atoms with Gasteiger partial charge in [-0.15, -0.1) is 0 Å². The number of nitrogens with one attached hydrogen (secondary N) is 1. The highest BCUT2D eigenvalue weighted by atomic mass is 79.9. The van der Waals surface area contributed by atoms with Crippen molar-refractivity contribution in [3.8, 4) is 11.5 Å². The van der Waals surface area contributed by atoms with Crippen molar-refractivity contribution in [1.29, 1.82) is 0 Å². The maximum absolute atomic E-state index is 5.89. The largest absolute Gasteiger partial charge is 0.448 e. The Morgan fingerprint density at radius 1 is 1.35 bits per heavy atom. The minimum Gasteiger partial charge on any atom is -0.448 e. The molecule has 1 spiro atoms. The number of hydroxylamine groups is 1. The lowest BCUT2D eigenvalue weighted by Crippen LogP contribution is -2.45. The molecular formula is C12H14BrNO3. The maximum atomic E-state index is 5.89. The number of hydrogen-bond acceptors (Lipinski definition) is 4. The number of benzene rings is 1. The number of fused-ring (bicyclic) bond motifs is 1. The zero-order valence-electron chi connectivity index (χ0n) is 9.59. The molecule has 2 aliphatic rings. The first kappa shape index (κ1) is 11.3. The minimum atomic E-state index is -0.366. The summed E-state index contributed by atoms with van der Waals surface area (Å²) >= 11 is 3.53. The van der Waals surface area contributed by atoms with Gasteiger partial charge in [-0.3, -0.25) is 0 Å². The van der Waals surface area contributed by atoms with E-state index in [1.165, 1.54) is 6.42 Å². The van der Waals surface area contributed by atoms with Crippen molar-refractivity contribution in [1.82, 2.24) is 5.48 Å². The maximum Gasteiger partial charge on any atom is 0.251 e. The van der Waals surface area contributed by atoms with Gasteiger partial charge in [0.2, 0.25) is 0 Å². The molecule has 0 bridgehead atoms. The molecule has 1 aliphatic carbocycles. The number of hydrogen-bond donors (Lipinski definition) is 1. The van der Waals surface area contributed by atoms with Crippen LogP contribution in [0.15, 0.2) is 16.6 Å². The van der Waals surface area contributed by atoms with E-state index < -0.39 is 0 Å². The Morgan fingerprint density at radius 2 is 2.06 bits per heavy atom. The van der Waals surface area contributed by atoms with Crippen molar-refractivity contribution in [2.45, 2.75) is 31.6 Å². The molecule has 0 unspecified atom stereocenters. The molecular weight excluding hydrogens is 286 g/mol. The Balaban J connectivity index is 1.85. The number of ether oxygens (including phenoxy) is 2. The Bertz CT molecular complexity index is 446. The van der Waals surface area contributed by atoms with Crippen LogP contribution in [0.4, 0.5) is 0 Å². The summed E-state index contributed by atoms with van der Waals surface area (Å²) in [5.41, 5.74) is 3.91. The zero-order chi connectivity index (χ0) is 11.9. The summed E-state index contributed by atoms with van der Waals surface area (Å²) in [5.74, 6) is 1.30. The fourth-order valence-electron chi connectivity index (χ4n) is 2.11. The van der Waals surface area contributed by atoms with Gasteiger partial charge < -0.3 is 14.3 Å². The van der Waals surface area contributed by atoms with Crippen molar-refractivity contribution in [3.63, 3.8) is 0 Å². The minimum absolute atomic E-state index is 0.366. The fraction of sp³-hybridized carbons (Fsp3) is 0.500. The molecule has 0 saturated heterocycles. The molecule has 0 radical (unpaired) electrons. The second-order valence-corrected chi connectivity index (χ2v) is 5.24. The van der Waals surface area contributed by atoms with E-state index >= 15 is 0 Å². The molecule has 92 valence electrons. The van der Waals surface area contributed by atoms with E-state index in [4.69, 9.17) is 14.3 Å². The lowest BCUT2D eigenvalue weighted by molar-refractivity contribution is -0.138. The van der Waals surface area contributed by atoms with Gasteiger partial charge in [0.25, 0.3) is 5.79 Å². The SMILES string of the molecule is CONCc1cc2c(cc1Br)OC1(CCC1)O2. The molecule has 0 amide bonds. The van der Waals surface area contributed by atoms with Gasteiger partial charge >= 0.3 is 0 Å². The molecule has 1 aromatic rings. The quantitative estimate of drug-likeness (QED) is 0.871. The van der Waals surface area contributed by atoms with Crippen LogP contribution in [0.25, 0.3) is 0 Å². The molecule has 1 fully saturated rings. The van der Waals surface area contributed by atoms with Crippen LogP contribution >= 0.6 is 15.9 Å². The van der Waals surface area contributed by atoms with Gasteiger partial charge in [0.05, 0.1) is 7.11 Å². The fourth-order valence-corrected chi connectivity index (χ4v) is 2.58. The molecule has 1 heterocycles. The monoisotopic (exact) mass is 299 g/mol. The van der Waals surface area contributed by atoms with Crippen LogP contribution in [0.5, 0.6) is 11.5 Å². The van der Waals surface area contributed by atoms with Crippen LogP contribution < -0.4 is 15.0 Å². The molecule has 0 aromatic heterocycles. The summed E-state index contributed by atoms with van der Waals surface area (Å²) in [5, 5.41) is 0. The Labute approximate surface area is 108 Å². The molecule has 17 heavy (non-hydrogen) atoms. The van der Waals surface area contributed by atoms with Gasteiger partial charge in [0, 0.05) is 23.9 Å². The van der Waals surface area contributed by atoms with Crippen LogP contribution in [-0.2, 0) is 11.4 Å². The van der Waals surface area contributed by atoms with Crippen LogP contribution in [0.1, 0.15) is 24.8 Å². The van der Waals surface area contributed by atoms with Gasteiger partial charge in [-0.05, 0) is 24.1 Å². The second kappa shape index (κ2) is 4.15. The molecule has 1 aromatic carbocycles. The topological polar surface area (TPSA) is 39.7 Å². The second-order valence-electron chi connectivity index (χ2n) is 4.38. The van der Waals surface area contributed by atoms with Crippen LogP contribution in [-0.4, -0.2) is 12.9 Å². The lowest BCUT2D eigenvalue weighted by Gasteiger charge is -2.35. The lowest BCUT2D eigenvalue weighted by atomic mass is 9.91. The highest BCUT2D eigenvalue weighted by molar-refractivity contribution is 9.10. The highest BCUT2D eigenvalue weighted by Crippen LogP contribution is 2.49. The average Bonchev–Trinajstić information content (AvgIpc) is 2.64. The normalized spacial score (nSPS) is 19.4. The van der Waals surface area contributed by atoms with Crippen LogP contribution in [0.3, 0.4) is 0 Å². The van der Waals surface area contributed by atoms with Crippen molar-refractivity contribution >= 4 is 15.9 Å². The average molecular weight is 300 g/mol. The van der Waals surface area contributed by atoms with Gasteiger partial charge in [-0.25, -0.2) is 0 Å². The first-order valence-corrected chi connectivity index (χ1v) is 6.48. The molecule has 1 saturated carbocycles. The molecule has 5 heteroatoms. The third-order valence-corrected chi connectivity index (χ3v) is 3.97. The first-order valence-electron chi connectivity index (χ1n) is 5.69. The van der Waals surface area contributed by atoms with E-state index in [0.29, 0.717) is 6.54 Å². The molecule has 4 nitrogen and oxygen atoms in total. The molecule has 3 rings (SSSR count). The molecule has 1 aliphatic heterocycles. The Hall–Kier alpha value is -0.780. The van der Waals surface area contributed by atoms with E-state index in [1.54, 1.807) is 7.11 Å². The van der Waals surface area contributed by atoms with Gasteiger partial charge in [-0.2, -0.15) is 5.48 Å². The standard InChI is InChI=1S/C12H14BrNO3/c1-15-14-7-8-5-10-11(6-9(8)13)17-12(16-10)3-2-4-12/h5-6,14H,2-4,7H2,1H3. The van der Waals surface area contributed by atoms with Crippen molar-refractivity contribution in [3.05, 3.63) is 22.2 Å². The van der Waals surface area contributed by atoms with E-state index in [9.17, 15) is 0 Å². The van der Waals surface area contributed by atoms with E-state index in [-0.39, 0.29) is 5.79 Å². The highest BCUT2D eigenvalue weighted by Gasteiger charge is 2.47. The Morgan fingerprint density at radius 3 is 2.65 bits per heavy atom. The third kappa shape index (κ3) is 1.92. The van der Waals surface area contributed by atoms with E-state index in [2.05, 4.69) is 21.4 Å². The van der Waals surface area contributed by atoms with Gasteiger partial charge in [0.1, 0.15) is 0 Å². The van der Waals surface area contributed by atoms with Crippen LogP contribution in [0, 0.1) is 0 Å². The molecule has 0 atom stereocenters. The summed E-state index contributed by atoms with van der Waals surface area (Å²) in [7, 11) is 1.60. The smallest absolute Gasteiger partial charge is 0.251 e. The summed E-state index contributed by atoms with van der Waals surface area (Å²) in [6.07, 6.45) is 3.13. The summed E-state index contributed by atoms with van der Waals surface area (Å²) in [6.45, 7) is 0.626. The van der Waals surface area contributed by atoms with Gasteiger partial charge in [0.15, 0.2) is 11.5 Å². The zero-order valence-corrected chi connectivity index (χ0v) is 11.2. The van der Waals surface area contributed by atoms with Crippen molar-refractivity contribution in [2.75, 3.05) is 7.11 Å². The predicted molar refractivity (Wildman–Crippen MR) is 65.8 cm³/mol. The predicted octanol–water partition coefficient (Wildman–Crippen LogP) is 2.75. The number of halogens is 1. The summed E-state index contributed by atoms with van der Waals surface area (Å²) in [4.78, 5) is 4.85. The number of rotatable bonds is 3. The van der Waals surface area contributed by atoms with Crippen molar-refractivity contribution in [2.24, 2.45) is 0 Å².